The molecule has 0 aromatic heterocycles. The lowest BCUT2D eigenvalue weighted by Crippen LogP contribution is -2.58. The lowest BCUT2D eigenvalue weighted by molar-refractivity contribution is -0.136. The van der Waals surface area contributed by atoms with E-state index in [-0.39, 0.29) is 30.1 Å². The summed E-state index contributed by atoms with van der Waals surface area (Å²) in [6.45, 7) is 6.21. The minimum absolute atomic E-state index is 0.0366. The Kier molecular flexibility index (Phi) is 2.34. The van der Waals surface area contributed by atoms with Crippen LogP contribution in [0.3, 0.4) is 0 Å². The maximum Gasteiger partial charge on any atom is 0.252 e. The highest BCUT2D eigenvalue weighted by molar-refractivity contribution is 5.82. The van der Waals surface area contributed by atoms with Gasteiger partial charge in [0.15, 0.2) is 0 Å². The van der Waals surface area contributed by atoms with Crippen molar-refractivity contribution in [3.05, 3.63) is 0 Å². The number of halogens is 2. The largest absolute Gasteiger partial charge is 0.350 e. The van der Waals surface area contributed by atoms with Crippen LogP contribution in [0.1, 0.15) is 46.5 Å². The molecule has 16 heavy (non-hydrogen) atoms. The zero-order valence-corrected chi connectivity index (χ0v) is 10.1. The summed E-state index contributed by atoms with van der Waals surface area (Å²) in [4.78, 5) is 11.7. The Balaban J connectivity index is 1.98. The fraction of sp³-hybridized carbons (Fsp3) is 0.917. The standard InChI is InChI=1S/C12H19F2NO/c1-10(2,3)4-8-5-11(15-9(8)16)6-12(13,14)7-11/h8H,4-7H2,1-3H3,(H,15,16). The summed E-state index contributed by atoms with van der Waals surface area (Å²) in [6, 6.07) is 0. The second-order valence-corrected chi connectivity index (χ2v) is 6.64. The monoisotopic (exact) mass is 231 g/mol. The Bertz CT molecular complexity index is 311. The first kappa shape index (κ1) is 11.8. The van der Waals surface area contributed by atoms with Crippen LogP contribution in [0.15, 0.2) is 0 Å². The fourth-order valence-electron chi connectivity index (χ4n) is 3.05. The van der Waals surface area contributed by atoms with Crippen molar-refractivity contribution < 1.29 is 13.6 Å². The number of carbonyl (C=O) groups excluding carboxylic acids is 1. The molecule has 0 radical (unpaired) electrons. The molecule has 2 rings (SSSR count). The van der Waals surface area contributed by atoms with Gasteiger partial charge in [0, 0.05) is 18.8 Å². The third-order valence-electron chi connectivity index (χ3n) is 3.45. The molecule has 1 N–H and O–H groups in total. The molecular weight excluding hydrogens is 212 g/mol. The highest BCUT2D eigenvalue weighted by Crippen LogP contribution is 2.52. The molecular formula is C12H19F2NO. The van der Waals surface area contributed by atoms with Crippen molar-refractivity contribution >= 4 is 5.91 Å². The normalized spacial score (nSPS) is 31.3. The van der Waals surface area contributed by atoms with E-state index in [9.17, 15) is 13.6 Å². The first-order valence-corrected chi connectivity index (χ1v) is 5.81. The average Bonchev–Trinajstić information content (AvgIpc) is 2.20. The summed E-state index contributed by atoms with van der Waals surface area (Å²) < 4.78 is 25.8. The molecule has 0 bridgehead atoms. The van der Waals surface area contributed by atoms with E-state index >= 15 is 0 Å². The molecule has 2 aliphatic rings. The van der Waals surface area contributed by atoms with E-state index in [1.165, 1.54) is 0 Å². The topological polar surface area (TPSA) is 29.1 Å². The third kappa shape index (κ3) is 2.20. The molecule has 4 heteroatoms. The highest BCUT2D eigenvalue weighted by Gasteiger charge is 2.61. The van der Waals surface area contributed by atoms with Gasteiger partial charge in [0.2, 0.25) is 5.91 Å². The quantitative estimate of drug-likeness (QED) is 0.738. The van der Waals surface area contributed by atoms with Crippen LogP contribution in [0.2, 0.25) is 0 Å². The lowest BCUT2D eigenvalue weighted by Gasteiger charge is -2.44. The lowest BCUT2D eigenvalue weighted by atomic mass is 9.70. The van der Waals surface area contributed by atoms with E-state index in [0.29, 0.717) is 6.42 Å². The van der Waals surface area contributed by atoms with Crippen LogP contribution >= 0.6 is 0 Å². The number of amides is 1. The van der Waals surface area contributed by atoms with Gasteiger partial charge in [-0.25, -0.2) is 8.78 Å². The molecule has 1 saturated carbocycles. The molecule has 0 aromatic carbocycles. The predicted molar refractivity (Wildman–Crippen MR) is 57.2 cm³/mol. The predicted octanol–water partition coefficient (Wildman–Crippen LogP) is 2.73. The first-order valence-electron chi connectivity index (χ1n) is 5.81. The molecule has 1 amide bonds. The minimum Gasteiger partial charge on any atom is -0.350 e. The number of hydrogen-bond acceptors (Lipinski definition) is 1. The molecule has 0 aromatic rings. The van der Waals surface area contributed by atoms with Crippen LogP contribution < -0.4 is 5.32 Å². The van der Waals surface area contributed by atoms with Crippen molar-refractivity contribution in [3.63, 3.8) is 0 Å². The van der Waals surface area contributed by atoms with Crippen LogP contribution in [0, 0.1) is 11.3 Å². The van der Waals surface area contributed by atoms with Gasteiger partial charge in [0.05, 0.1) is 5.54 Å². The molecule has 92 valence electrons. The van der Waals surface area contributed by atoms with Crippen LogP contribution in [0.25, 0.3) is 0 Å². The van der Waals surface area contributed by atoms with Crippen molar-refractivity contribution in [2.75, 3.05) is 0 Å². The Morgan fingerprint density at radius 1 is 1.38 bits per heavy atom. The molecule has 1 saturated heterocycles. The maximum atomic E-state index is 12.9. The third-order valence-corrected chi connectivity index (χ3v) is 3.45. The van der Waals surface area contributed by atoms with E-state index in [4.69, 9.17) is 0 Å². The SMILES string of the molecule is CC(C)(C)CC1CC2(CC(F)(F)C2)NC1=O. The van der Waals surface area contributed by atoms with Gasteiger partial charge in [-0.15, -0.1) is 0 Å². The summed E-state index contributed by atoms with van der Waals surface area (Å²) >= 11 is 0. The van der Waals surface area contributed by atoms with Gasteiger partial charge in [0.1, 0.15) is 0 Å². The summed E-state index contributed by atoms with van der Waals surface area (Å²) in [5.74, 6) is -2.69. The van der Waals surface area contributed by atoms with E-state index in [1.807, 2.05) is 0 Å². The van der Waals surface area contributed by atoms with Crippen LogP contribution in [-0.4, -0.2) is 17.4 Å². The molecule has 1 spiro atoms. The summed E-state index contributed by atoms with van der Waals surface area (Å²) in [7, 11) is 0. The Morgan fingerprint density at radius 2 is 1.94 bits per heavy atom. The smallest absolute Gasteiger partial charge is 0.252 e. The Morgan fingerprint density at radius 3 is 2.38 bits per heavy atom. The summed E-state index contributed by atoms with van der Waals surface area (Å²) in [6.07, 6.45) is 1.00. The van der Waals surface area contributed by atoms with Gasteiger partial charge in [-0.3, -0.25) is 4.79 Å². The number of carbonyl (C=O) groups is 1. The Labute approximate surface area is 94.8 Å². The molecule has 2 fully saturated rings. The minimum atomic E-state index is -2.57. The number of alkyl halides is 2. The molecule has 2 nitrogen and oxygen atoms in total. The average molecular weight is 231 g/mol. The second-order valence-electron chi connectivity index (χ2n) is 6.64. The van der Waals surface area contributed by atoms with E-state index in [2.05, 4.69) is 26.1 Å². The van der Waals surface area contributed by atoms with E-state index < -0.39 is 11.5 Å². The Hall–Kier alpha value is -0.670. The van der Waals surface area contributed by atoms with Gasteiger partial charge >= 0.3 is 0 Å². The number of hydrogen-bond donors (Lipinski definition) is 1. The van der Waals surface area contributed by atoms with Gasteiger partial charge < -0.3 is 5.32 Å². The highest BCUT2D eigenvalue weighted by atomic mass is 19.3. The molecule has 1 aliphatic heterocycles. The molecule has 1 atom stereocenters. The van der Waals surface area contributed by atoms with Crippen LogP contribution in [0.4, 0.5) is 8.78 Å². The van der Waals surface area contributed by atoms with Gasteiger partial charge in [-0.2, -0.15) is 0 Å². The zero-order chi connectivity index (χ0) is 12.2. The summed E-state index contributed by atoms with van der Waals surface area (Å²) in [5.41, 5.74) is -0.518. The number of rotatable bonds is 1. The summed E-state index contributed by atoms with van der Waals surface area (Å²) in [5, 5.41) is 2.78. The van der Waals surface area contributed by atoms with Crippen LogP contribution in [0.5, 0.6) is 0 Å². The first-order chi connectivity index (χ1) is 7.11. The molecule has 1 unspecified atom stereocenters. The fourth-order valence-corrected chi connectivity index (χ4v) is 3.05. The molecule has 1 aliphatic carbocycles. The van der Waals surface area contributed by atoms with Crippen molar-refractivity contribution in [1.29, 1.82) is 0 Å². The van der Waals surface area contributed by atoms with Crippen molar-refractivity contribution in [3.8, 4) is 0 Å². The zero-order valence-electron chi connectivity index (χ0n) is 10.1. The van der Waals surface area contributed by atoms with E-state index in [0.717, 1.165) is 6.42 Å². The van der Waals surface area contributed by atoms with Gasteiger partial charge in [-0.1, -0.05) is 20.8 Å². The van der Waals surface area contributed by atoms with Gasteiger partial charge in [-0.05, 0) is 18.3 Å². The second kappa shape index (κ2) is 3.17. The molecule has 1 heterocycles. The van der Waals surface area contributed by atoms with Crippen LogP contribution in [-0.2, 0) is 4.79 Å². The van der Waals surface area contributed by atoms with Crippen molar-refractivity contribution in [2.45, 2.75) is 57.9 Å². The van der Waals surface area contributed by atoms with E-state index in [1.54, 1.807) is 0 Å². The van der Waals surface area contributed by atoms with Gasteiger partial charge in [0.25, 0.3) is 5.92 Å². The van der Waals surface area contributed by atoms with Crippen molar-refractivity contribution in [2.24, 2.45) is 11.3 Å². The number of nitrogens with one attached hydrogen (secondary N) is 1. The maximum absolute atomic E-state index is 12.9. The van der Waals surface area contributed by atoms with Crippen molar-refractivity contribution in [1.82, 2.24) is 5.32 Å².